The Kier molecular flexibility index (Phi) is 6.92. The van der Waals surface area contributed by atoms with Crippen molar-refractivity contribution in [2.75, 3.05) is 23.7 Å². The number of hydrogen-bond acceptors (Lipinski definition) is 6. The van der Waals surface area contributed by atoms with Crippen LogP contribution in [0.4, 0.5) is 10.8 Å². The quantitative estimate of drug-likeness (QED) is 0.690. The van der Waals surface area contributed by atoms with Crippen molar-refractivity contribution in [1.82, 2.24) is 15.1 Å². The van der Waals surface area contributed by atoms with Gasteiger partial charge in [0, 0.05) is 19.5 Å². The van der Waals surface area contributed by atoms with E-state index >= 15 is 0 Å². The molecule has 0 aliphatic carbocycles. The highest BCUT2D eigenvalue weighted by molar-refractivity contribution is 7.15. The Morgan fingerprint density at radius 3 is 2.72 bits per heavy atom. The number of anilines is 2. The van der Waals surface area contributed by atoms with Gasteiger partial charge in [-0.2, -0.15) is 0 Å². The number of nitrogens with one attached hydrogen (secondary N) is 2. The second kappa shape index (κ2) is 9.60. The van der Waals surface area contributed by atoms with Gasteiger partial charge in [0.25, 0.3) is 5.91 Å². The Hall–Kier alpha value is -2.81. The molecule has 2 heterocycles. The molecule has 1 aliphatic rings. The molecule has 1 saturated heterocycles. The first-order chi connectivity index (χ1) is 14.0. The molecule has 3 amide bonds. The van der Waals surface area contributed by atoms with Crippen molar-refractivity contribution >= 4 is 39.9 Å². The highest BCUT2D eigenvalue weighted by atomic mass is 32.1. The third kappa shape index (κ3) is 5.17. The lowest BCUT2D eigenvalue weighted by Crippen LogP contribution is -2.29. The lowest BCUT2D eigenvalue weighted by molar-refractivity contribution is -0.128. The van der Waals surface area contributed by atoms with Gasteiger partial charge in [-0.1, -0.05) is 43.7 Å². The van der Waals surface area contributed by atoms with Crippen molar-refractivity contribution in [3.05, 3.63) is 34.8 Å². The van der Waals surface area contributed by atoms with Crippen LogP contribution in [0.1, 0.15) is 48.5 Å². The molecule has 154 valence electrons. The van der Waals surface area contributed by atoms with Crippen LogP contribution in [0.3, 0.4) is 0 Å². The van der Waals surface area contributed by atoms with Gasteiger partial charge in [-0.3, -0.25) is 19.7 Å². The van der Waals surface area contributed by atoms with Gasteiger partial charge in [0.2, 0.25) is 16.9 Å². The molecule has 9 heteroatoms. The number of carbonyl (C=O) groups excluding carboxylic acids is 3. The highest BCUT2D eigenvalue weighted by Gasteiger charge is 2.34. The molecule has 1 atom stereocenters. The summed E-state index contributed by atoms with van der Waals surface area (Å²) in [7, 11) is 0. The Morgan fingerprint density at radius 2 is 2.00 bits per heavy atom. The first-order valence-corrected chi connectivity index (χ1v) is 10.6. The SMILES string of the molecule is CCCCN1CC(C(=O)Nc2ccccc2C(=O)Nc2nnc(CC)s2)CC1=O. The van der Waals surface area contributed by atoms with Gasteiger partial charge in [-0.15, -0.1) is 10.2 Å². The van der Waals surface area contributed by atoms with Crippen molar-refractivity contribution in [3.63, 3.8) is 0 Å². The Morgan fingerprint density at radius 1 is 1.21 bits per heavy atom. The van der Waals surface area contributed by atoms with Gasteiger partial charge in [0.1, 0.15) is 5.01 Å². The summed E-state index contributed by atoms with van der Waals surface area (Å²) in [5.41, 5.74) is 0.746. The third-order valence-corrected chi connectivity index (χ3v) is 5.77. The molecular weight excluding hydrogens is 390 g/mol. The van der Waals surface area contributed by atoms with Gasteiger partial charge >= 0.3 is 0 Å². The number of amides is 3. The van der Waals surface area contributed by atoms with E-state index in [1.54, 1.807) is 29.2 Å². The standard InChI is InChI=1S/C20H25N5O3S/c1-3-5-10-25-12-13(11-17(25)26)18(27)21-15-9-7-6-8-14(15)19(28)22-20-24-23-16(4-2)29-20/h6-9,13H,3-5,10-12H2,1-2H3,(H,21,27)(H,22,24,28). The fraction of sp³-hybridized carbons (Fsp3) is 0.450. The first kappa shape index (κ1) is 20.9. The van der Waals surface area contributed by atoms with E-state index in [4.69, 9.17) is 0 Å². The summed E-state index contributed by atoms with van der Waals surface area (Å²) in [6, 6.07) is 6.80. The number of nitrogens with zero attached hydrogens (tertiary/aromatic N) is 3. The maximum absolute atomic E-state index is 12.7. The molecule has 1 fully saturated rings. The maximum atomic E-state index is 12.7. The summed E-state index contributed by atoms with van der Waals surface area (Å²) in [4.78, 5) is 39.3. The summed E-state index contributed by atoms with van der Waals surface area (Å²) in [6.07, 6.45) is 2.87. The van der Waals surface area contributed by atoms with Gasteiger partial charge < -0.3 is 10.2 Å². The number of likely N-dealkylation sites (tertiary alicyclic amines) is 1. The van der Waals surface area contributed by atoms with Crippen molar-refractivity contribution in [2.45, 2.75) is 39.5 Å². The molecule has 1 unspecified atom stereocenters. The number of benzene rings is 1. The number of rotatable bonds is 8. The topological polar surface area (TPSA) is 104 Å². The molecule has 0 bridgehead atoms. The molecule has 3 rings (SSSR count). The minimum Gasteiger partial charge on any atom is -0.342 e. The van der Waals surface area contributed by atoms with Crippen LogP contribution >= 0.6 is 11.3 Å². The van der Waals surface area contributed by atoms with Gasteiger partial charge in [-0.25, -0.2) is 0 Å². The average Bonchev–Trinajstić information content (AvgIpc) is 3.33. The lowest BCUT2D eigenvalue weighted by atomic mass is 10.1. The van der Waals surface area contributed by atoms with Crippen molar-refractivity contribution < 1.29 is 14.4 Å². The molecule has 2 aromatic rings. The molecule has 2 N–H and O–H groups in total. The van der Waals surface area contributed by atoms with Crippen LogP contribution in [0.15, 0.2) is 24.3 Å². The Bertz CT molecular complexity index is 898. The number of carbonyl (C=O) groups is 3. The number of unbranched alkanes of at least 4 members (excludes halogenated alkanes) is 1. The molecule has 29 heavy (non-hydrogen) atoms. The molecule has 1 aliphatic heterocycles. The van der Waals surface area contributed by atoms with Crippen LogP contribution in [-0.2, 0) is 16.0 Å². The summed E-state index contributed by atoms with van der Waals surface area (Å²) in [6.45, 7) is 5.13. The first-order valence-electron chi connectivity index (χ1n) is 9.83. The van der Waals surface area contributed by atoms with E-state index in [2.05, 4.69) is 27.8 Å². The zero-order valence-electron chi connectivity index (χ0n) is 16.6. The largest absolute Gasteiger partial charge is 0.342 e. The average molecular weight is 416 g/mol. The maximum Gasteiger partial charge on any atom is 0.259 e. The predicted molar refractivity (Wildman–Crippen MR) is 112 cm³/mol. The second-order valence-corrected chi connectivity index (χ2v) is 8.00. The minimum absolute atomic E-state index is 0.00706. The number of aromatic nitrogens is 2. The lowest BCUT2D eigenvalue weighted by Gasteiger charge is -2.16. The zero-order chi connectivity index (χ0) is 20.8. The number of para-hydroxylation sites is 1. The van der Waals surface area contributed by atoms with Crippen molar-refractivity contribution in [1.29, 1.82) is 0 Å². The van der Waals surface area contributed by atoms with E-state index in [0.717, 1.165) is 24.3 Å². The van der Waals surface area contributed by atoms with Crippen LogP contribution in [0.25, 0.3) is 0 Å². The highest BCUT2D eigenvalue weighted by Crippen LogP contribution is 2.23. The zero-order valence-corrected chi connectivity index (χ0v) is 17.4. The van der Waals surface area contributed by atoms with E-state index in [-0.39, 0.29) is 24.1 Å². The molecule has 1 aromatic carbocycles. The van der Waals surface area contributed by atoms with Crippen LogP contribution < -0.4 is 10.6 Å². The third-order valence-electron chi connectivity index (χ3n) is 4.79. The summed E-state index contributed by atoms with van der Waals surface area (Å²) in [5.74, 6) is -1.02. The van der Waals surface area contributed by atoms with Crippen molar-refractivity contribution in [3.8, 4) is 0 Å². The van der Waals surface area contributed by atoms with Crippen LogP contribution in [0, 0.1) is 5.92 Å². The van der Waals surface area contributed by atoms with E-state index < -0.39 is 5.92 Å². The van der Waals surface area contributed by atoms with Crippen LogP contribution in [0.2, 0.25) is 0 Å². The number of hydrogen-bond donors (Lipinski definition) is 2. The van der Waals surface area contributed by atoms with Crippen molar-refractivity contribution in [2.24, 2.45) is 5.92 Å². The summed E-state index contributed by atoms with van der Waals surface area (Å²) in [5, 5.41) is 14.7. The molecule has 1 aromatic heterocycles. The normalized spacial score (nSPS) is 16.1. The van der Waals surface area contributed by atoms with E-state index in [1.165, 1.54) is 11.3 Å². The monoisotopic (exact) mass is 415 g/mol. The van der Waals surface area contributed by atoms with Gasteiger partial charge in [0.15, 0.2) is 0 Å². The molecular formula is C20H25N5O3S. The smallest absolute Gasteiger partial charge is 0.259 e. The minimum atomic E-state index is -0.411. The summed E-state index contributed by atoms with van der Waals surface area (Å²) >= 11 is 1.32. The fourth-order valence-electron chi connectivity index (χ4n) is 3.15. The van der Waals surface area contributed by atoms with E-state index in [9.17, 15) is 14.4 Å². The number of aryl methyl sites for hydroxylation is 1. The summed E-state index contributed by atoms with van der Waals surface area (Å²) < 4.78 is 0. The van der Waals surface area contributed by atoms with Crippen LogP contribution in [-0.4, -0.2) is 45.9 Å². The Labute approximate surface area is 173 Å². The Balaban J connectivity index is 1.66. The fourth-order valence-corrected chi connectivity index (χ4v) is 3.82. The predicted octanol–water partition coefficient (Wildman–Crippen LogP) is 2.94. The second-order valence-electron chi connectivity index (χ2n) is 6.94. The molecule has 8 nitrogen and oxygen atoms in total. The van der Waals surface area contributed by atoms with E-state index in [1.807, 2.05) is 6.92 Å². The van der Waals surface area contributed by atoms with Crippen LogP contribution in [0.5, 0.6) is 0 Å². The molecule has 0 radical (unpaired) electrons. The molecule has 0 spiro atoms. The van der Waals surface area contributed by atoms with Gasteiger partial charge in [0.05, 0.1) is 17.2 Å². The van der Waals surface area contributed by atoms with Gasteiger partial charge in [-0.05, 0) is 25.0 Å². The molecule has 0 saturated carbocycles. The van der Waals surface area contributed by atoms with E-state index in [0.29, 0.717) is 29.5 Å².